The van der Waals surface area contributed by atoms with E-state index in [-0.39, 0.29) is 17.2 Å². The van der Waals surface area contributed by atoms with E-state index in [2.05, 4.69) is 10.4 Å². The standard InChI is InChI=1S/C21H17N3O3/c1-24-21(26)16-11-6-5-10-15(16)19(23-24)20(25)22-18(17-12-7-13-27-17)14-8-3-2-4-9-14/h2-13,18H,1H3,(H,22,25)/t18-/m1/s1. The van der Waals surface area contributed by atoms with Gasteiger partial charge in [-0.3, -0.25) is 9.59 Å². The average Bonchev–Trinajstić information content (AvgIpc) is 3.24. The summed E-state index contributed by atoms with van der Waals surface area (Å²) in [5, 5.41) is 8.14. The molecule has 27 heavy (non-hydrogen) atoms. The van der Waals surface area contributed by atoms with Crippen molar-refractivity contribution in [2.75, 3.05) is 0 Å². The van der Waals surface area contributed by atoms with Crippen molar-refractivity contribution in [3.8, 4) is 0 Å². The monoisotopic (exact) mass is 359 g/mol. The molecule has 0 bridgehead atoms. The fourth-order valence-electron chi connectivity index (χ4n) is 3.09. The van der Waals surface area contributed by atoms with Crippen molar-refractivity contribution in [1.82, 2.24) is 15.1 Å². The van der Waals surface area contributed by atoms with Gasteiger partial charge in [0.05, 0.1) is 11.6 Å². The van der Waals surface area contributed by atoms with E-state index < -0.39 is 6.04 Å². The van der Waals surface area contributed by atoms with Gasteiger partial charge in [0.1, 0.15) is 11.8 Å². The summed E-state index contributed by atoms with van der Waals surface area (Å²) in [6.45, 7) is 0. The molecule has 134 valence electrons. The lowest BCUT2D eigenvalue weighted by Crippen LogP contribution is -2.32. The Balaban J connectivity index is 1.78. The molecule has 1 atom stereocenters. The van der Waals surface area contributed by atoms with Crippen LogP contribution in [0.3, 0.4) is 0 Å². The van der Waals surface area contributed by atoms with E-state index in [9.17, 15) is 9.59 Å². The normalized spacial score (nSPS) is 12.0. The first-order chi connectivity index (χ1) is 13.1. The molecule has 0 radical (unpaired) electrons. The first kappa shape index (κ1) is 16.8. The summed E-state index contributed by atoms with van der Waals surface area (Å²) in [7, 11) is 1.53. The van der Waals surface area contributed by atoms with E-state index in [1.54, 1.807) is 36.6 Å². The summed E-state index contributed by atoms with van der Waals surface area (Å²) in [6.07, 6.45) is 1.57. The number of amides is 1. The molecule has 0 aliphatic rings. The molecular formula is C21H17N3O3. The third-order valence-electron chi connectivity index (χ3n) is 4.41. The SMILES string of the molecule is Cn1nc(C(=O)N[C@H](c2ccccc2)c2ccco2)c2ccccc2c1=O. The van der Waals surface area contributed by atoms with Crippen LogP contribution in [-0.2, 0) is 7.05 Å². The molecule has 0 saturated carbocycles. The molecule has 0 aliphatic heterocycles. The van der Waals surface area contributed by atoms with Gasteiger partial charge < -0.3 is 9.73 Å². The fraction of sp³-hybridized carbons (Fsp3) is 0.0952. The number of aryl methyl sites for hydroxylation is 1. The van der Waals surface area contributed by atoms with Crippen molar-refractivity contribution in [3.05, 3.63) is 100 Å². The molecule has 6 nitrogen and oxygen atoms in total. The quantitative estimate of drug-likeness (QED) is 0.608. The topological polar surface area (TPSA) is 77.1 Å². The predicted molar refractivity (Wildman–Crippen MR) is 101 cm³/mol. The van der Waals surface area contributed by atoms with Gasteiger partial charge >= 0.3 is 0 Å². The Kier molecular flexibility index (Phi) is 4.30. The maximum absolute atomic E-state index is 13.1. The van der Waals surface area contributed by atoms with E-state index in [0.29, 0.717) is 16.5 Å². The zero-order valence-electron chi connectivity index (χ0n) is 14.6. The van der Waals surface area contributed by atoms with Crippen LogP contribution in [0.2, 0.25) is 0 Å². The van der Waals surface area contributed by atoms with Crippen molar-refractivity contribution in [2.24, 2.45) is 7.05 Å². The second-order valence-corrected chi connectivity index (χ2v) is 6.16. The van der Waals surface area contributed by atoms with Gasteiger partial charge in [-0.1, -0.05) is 48.5 Å². The third kappa shape index (κ3) is 3.13. The van der Waals surface area contributed by atoms with Crippen molar-refractivity contribution < 1.29 is 9.21 Å². The Morgan fingerprint density at radius 3 is 2.41 bits per heavy atom. The summed E-state index contributed by atoms with van der Waals surface area (Å²) in [4.78, 5) is 25.4. The van der Waals surface area contributed by atoms with Crippen molar-refractivity contribution >= 4 is 16.7 Å². The highest BCUT2D eigenvalue weighted by atomic mass is 16.3. The maximum Gasteiger partial charge on any atom is 0.274 e. The van der Waals surface area contributed by atoms with Crippen LogP contribution in [0.4, 0.5) is 0 Å². The molecule has 0 aliphatic carbocycles. The van der Waals surface area contributed by atoms with Crippen LogP contribution in [0.25, 0.3) is 10.8 Å². The molecule has 2 heterocycles. The van der Waals surface area contributed by atoms with Gasteiger partial charge in [0.25, 0.3) is 11.5 Å². The molecule has 0 spiro atoms. The number of fused-ring (bicyclic) bond motifs is 1. The van der Waals surface area contributed by atoms with E-state index in [4.69, 9.17) is 4.42 Å². The number of hydrogen-bond donors (Lipinski definition) is 1. The van der Waals surface area contributed by atoms with Crippen LogP contribution in [0, 0.1) is 0 Å². The number of aromatic nitrogens is 2. The van der Waals surface area contributed by atoms with Gasteiger partial charge in [0.15, 0.2) is 5.69 Å². The van der Waals surface area contributed by atoms with Crippen molar-refractivity contribution in [2.45, 2.75) is 6.04 Å². The van der Waals surface area contributed by atoms with Crippen molar-refractivity contribution in [1.29, 1.82) is 0 Å². The molecule has 0 saturated heterocycles. The second-order valence-electron chi connectivity index (χ2n) is 6.16. The molecule has 1 N–H and O–H groups in total. The summed E-state index contributed by atoms with van der Waals surface area (Å²) >= 11 is 0. The van der Waals surface area contributed by atoms with Crippen LogP contribution in [0.15, 0.2) is 82.2 Å². The zero-order valence-corrected chi connectivity index (χ0v) is 14.6. The van der Waals surface area contributed by atoms with Gasteiger partial charge in [-0.05, 0) is 23.8 Å². The second kappa shape index (κ2) is 6.92. The Morgan fingerprint density at radius 2 is 1.70 bits per heavy atom. The van der Waals surface area contributed by atoms with Gasteiger partial charge in [0, 0.05) is 12.4 Å². The minimum absolute atomic E-state index is 0.195. The minimum atomic E-state index is -0.466. The van der Waals surface area contributed by atoms with E-state index in [0.717, 1.165) is 5.56 Å². The lowest BCUT2D eigenvalue weighted by molar-refractivity contribution is 0.0933. The number of nitrogens with zero attached hydrogens (tertiary/aromatic N) is 2. The Morgan fingerprint density at radius 1 is 1.00 bits per heavy atom. The van der Waals surface area contributed by atoms with Crippen LogP contribution in [0.1, 0.15) is 27.9 Å². The largest absolute Gasteiger partial charge is 0.467 e. The molecule has 0 fully saturated rings. The first-order valence-electron chi connectivity index (χ1n) is 8.50. The first-order valence-corrected chi connectivity index (χ1v) is 8.50. The molecule has 2 aromatic heterocycles. The van der Waals surface area contributed by atoms with Gasteiger partial charge in [-0.2, -0.15) is 5.10 Å². The summed E-state index contributed by atoms with van der Waals surface area (Å²) < 4.78 is 6.71. The fourth-order valence-corrected chi connectivity index (χ4v) is 3.09. The van der Waals surface area contributed by atoms with Gasteiger partial charge in [-0.25, -0.2) is 4.68 Å². The predicted octanol–water partition coefficient (Wildman–Crippen LogP) is 3.05. The number of carbonyl (C=O) groups is 1. The van der Waals surface area contributed by atoms with E-state index in [1.165, 1.54) is 11.7 Å². The Hall–Kier alpha value is -3.67. The Labute approximate surface area is 155 Å². The summed E-state index contributed by atoms with van der Waals surface area (Å²) in [5.41, 5.74) is 0.836. The van der Waals surface area contributed by atoms with Crippen LogP contribution in [-0.4, -0.2) is 15.7 Å². The number of furan rings is 1. The molecule has 0 unspecified atom stereocenters. The molecule has 2 aromatic carbocycles. The smallest absolute Gasteiger partial charge is 0.274 e. The highest BCUT2D eigenvalue weighted by Crippen LogP contribution is 2.23. The van der Waals surface area contributed by atoms with Crippen molar-refractivity contribution in [3.63, 3.8) is 0 Å². The van der Waals surface area contributed by atoms with Crippen LogP contribution >= 0.6 is 0 Å². The summed E-state index contributed by atoms with van der Waals surface area (Å²) in [6, 6.07) is 19.6. The highest BCUT2D eigenvalue weighted by molar-refractivity contribution is 6.05. The number of hydrogen-bond acceptors (Lipinski definition) is 4. The molecule has 1 amide bonds. The lowest BCUT2D eigenvalue weighted by atomic mass is 10.0. The zero-order chi connectivity index (χ0) is 18.8. The van der Waals surface area contributed by atoms with Gasteiger partial charge in [0.2, 0.25) is 0 Å². The number of carbonyl (C=O) groups excluding carboxylic acids is 1. The van der Waals surface area contributed by atoms with E-state index in [1.807, 2.05) is 36.4 Å². The van der Waals surface area contributed by atoms with Gasteiger partial charge in [-0.15, -0.1) is 0 Å². The molecular weight excluding hydrogens is 342 g/mol. The van der Waals surface area contributed by atoms with Crippen LogP contribution in [0.5, 0.6) is 0 Å². The molecule has 4 aromatic rings. The lowest BCUT2D eigenvalue weighted by Gasteiger charge is -2.17. The molecule has 6 heteroatoms. The maximum atomic E-state index is 13.1. The van der Waals surface area contributed by atoms with E-state index >= 15 is 0 Å². The third-order valence-corrected chi connectivity index (χ3v) is 4.41. The average molecular weight is 359 g/mol. The van der Waals surface area contributed by atoms with Crippen LogP contribution < -0.4 is 10.9 Å². The number of nitrogens with one attached hydrogen (secondary N) is 1. The highest BCUT2D eigenvalue weighted by Gasteiger charge is 2.23. The number of benzene rings is 2. The Bertz CT molecular complexity index is 1150. The number of rotatable bonds is 4. The summed E-state index contributed by atoms with van der Waals surface area (Å²) in [5.74, 6) is 0.232. The molecule has 4 rings (SSSR count). The minimum Gasteiger partial charge on any atom is -0.467 e.